The second-order valence-electron chi connectivity index (χ2n) is 7.85. The SMILES string of the molecule is Cc1cccc(NC(=O)[C@@H]2C[C@@H](O[Si](C)(C)C(C)(C)C)CN2)n1. The van der Waals surface area contributed by atoms with Crippen molar-refractivity contribution in [3.63, 3.8) is 0 Å². The molecule has 0 aliphatic carbocycles. The number of pyridine rings is 1. The zero-order valence-electron chi connectivity index (χ0n) is 15.1. The molecule has 0 aromatic carbocycles. The molecule has 2 heterocycles. The Kier molecular flexibility index (Phi) is 5.28. The van der Waals surface area contributed by atoms with Crippen LogP contribution in [0.25, 0.3) is 0 Å². The molecule has 128 valence electrons. The third kappa shape index (κ3) is 4.62. The average Bonchev–Trinajstić information content (AvgIpc) is 2.85. The van der Waals surface area contributed by atoms with Gasteiger partial charge in [0.25, 0.3) is 0 Å². The molecule has 0 radical (unpaired) electrons. The molecule has 1 aliphatic heterocycles. The smallest absolute Gasteiger partial charge is 0.242 e. The van der Waals surface area contributed by atoms with Crippen molar-refractivity contribution >= 4 is 20.0 Å². The Labute approximate surface area is 140 Å². The fourth-order valence-corrected chi connectivity index (χ4v) is 3.78. The maximum absolute atomic E-state index is 12.4. The van der Waals surface area contributed by atoms with E-state index in [1.165, 1.54) is 0 Å². The standard InChI is InChI=1S/C17H29N3O2Si/c1-12-8-7-9-15(19-12)20-16(21)14-10-13(11-18-14)22-23(5,6)17(2,3)4/h7-9,13-14,18H,10-11H2,1-6H3,(H,19,20,21)/t13-,14+/m1/s1. The Bertz CT molecular complexity index is 569. The molecule has 2 atom stereocenters. The summed E-state index contributed by atoms with van der Waals surface area (Å²) in [4.78, 5) is 16.7. The van der Waals surface area contributed by atoms with Crippen LogP contribution in [0.3, 0.4) is 0 Å². The molecule has 1 saturated heterocycles. The second kappa shape index (κ2) is 6.71. The Balaban J connectivity index is 1.91. The normalized spacial score (nSPS) is 22.2. The molecule has 1 aliphatic rings. The Morgan fingerprint density at radius 3 is 2.70 bits per heavy atom. The minimum absolute atomic E-state index is 0.0376. The molecule has 5 nitrogen and oxygen atoms in total. The zero-order chi connectivity index (χ0) is 17.3. The van der Waals surface area contributed by atoms with Gasteiger partial charge < -0.3 is 15.1 Å². The van der Waals surface area contributed by atoms with Crippen LogP contribution in [0, 0.1) is 6.92 Å². The number of nitrogens with one attached hydrogen (secondary N) is 2. The van der Waals surface area contributed by atoms with Crippen LogP contribution in [-0.2, 0) is 9.22 Å². The van der Waals surface area contributed by atoms with Gasteiger partial charge in [0.2, 0.25) is 5.91 Å². The maximum Gasteiger partial charge on any atom is 0.242 e. The van der Waals surface area contributed by atoms with E-state index in [4.69, 9.17) is 4.43 Å². The quantitative estimate of drug-likeness (QED) is 0.830. The summed E-state index contributed by atoms with van der Waals surface area (Å²) >= 11 is 0. The van der Waals surface area contributed by atoms with Crippen LogP contribution in [0.1, 0.15) is 32.9 Å². The van der Waals surface area contributed by atoms with Gasteiger partial charge >= 0.3 is 0 Å². The van der Waals surface area contributed by atoms with Crippen molar-refractivity contribution in [1.29, 1.82) is 0 Å². The number of carbonyl (C=O) groups excluding carboxylic acids is 1. The van der Waals surface area contributed by atoms with Crippen molar-refractivity contribution in [2.24, 2.45) is 0 Å². The number of aryl methyl sites for hydroxylation is 1. The number of nitrogens with zero attached hydrogens (tertiary/aromatic N) is 1. The van der Waals surface area contributed by atoms with E-state index in [1.807, 2.05) is 25.1 Å². The van der Waals surface area contributed by atoms with Crippen molar-refractivity contribution in [3.8, 4) is 0 Å². The highest BCUT2D eigenvalue weighted by molar-refractivity contribution is 6.74. The molecule has 1 aromatic rings. The number of aromatic nitrogens is 1. The van der Waals surface area contributed by atoms with Crippen LogP contribution < -0.4 is 10.6 Å². The molecule has 0 unspecified atom stereocenters. The monoisotopic (exact) mass is 335 g/mol. The van der Waals surface area contributed by atoms with Gasteiger partial charge in [-0.25, -0.2) is 4.98 Å². The lowest BCUT2D eigenvalue weighted by Crippen LogP contribution is -2.44. The van der Waals surface area contributed by atoms with Gasteiger partial charge in [0.05, 0.1) is 12.1 Å². The van der Waals surface area contributed by atoms with Crippen molar-refractivity contribution < 1.29 is 9.22 Å². The van der Waals surface area contributed by atoms with Gasteiger partial charge in [-0.15, -0.1) is 0 Å². The topological polar surface area (TPSA) is 63.2 Å². The van der Waals surface area contributed by atoms with Gasteiger partial charge in [-0.2, -0.15) is 0 Å². The van der Waals surface area contributed by atoms with E-state index in [0.717, 1.165) is 12.2 Å². The van der Waals surface area contributed by atoms with E-state index < -0.39 is 8.32 Å². The molecule has 0 bridgehead atoms. The zero-order valence-corrected chi connectivity index (χ0v) is 16.1. The summed E-state index contributed by atoms with van der Waals surface area (Å²) in [6.45, 7) is 13.8. The minimum Gasteiger partial charge on any atom is -0.413 e. The first-order chi connectivity index (χ1) is 10.6. The fourth-order valence-electron chi connectivity index (χ4n) is 2.41. The molecule has 1 fully saturated rings. The van der Waals surface area contributed by atoms with Crippen LogP contribution in [-0.4, -0.2) is 37.9 Å². The number of hydrogen-bond donors (Lipinski definition) is 2. The lowest BCUT2D eigenvalue weighted by atomic mass is 10.2. The lowest BCUT2D eigenvalue weighted by Gasteiger charge is -2.38. The van der Waals surface area contributed by atoms with E-state index in [-0.39, 0.29) is 23.1 Å². The summed E-state index contributed by atoms with van der Waals surface area (Å²) in [6, 6.07) is 5.39. The number of amides is 1. The first-order valence-corrected chi connectivity index (χ1v) is 11.1. The molecule has 1 aromatic heterocycles. The summed E-state index contributed by atoms with van der Waals surface area (Å²) in [5.41, 5.74) is 0.890. The summed E-state index contributed by atoms with van der Waals surface area (Å²) < 4.78 is 6.39. The molecule has 2 rings (SSSR count). The molecular weight excluding hydrogens is 306 g/mol. The van der Waals surface area contributed by atoms with Crippen LogP contribution in [0.15, 0.2) is 18.2 Å². The highest BCUT2D eigenvalue weighted by atomic mass is 28.4. The van der Waals surface area contributed by atoms with Crippen molar-refractivity contribution in [3.05, 3.63) is 23.9 Å². The van der Waals surface area contributed by atoms with Crippen LogP contribution in [0.2, 0.25) is 18.1 Å². The van der Waals surface area contributed by atoms with E-state index >= 15 is 0 Å². The Hall–Kier alpha value is -1.24. The largest absolute Gasteiger partial charge is 0.413 e. The summed E-state index contributed by atoms with van der Waals surface area (Å²) in [5.74, 6) is 0.565. The third-order valence-electron chi connectivity index (χ3n) is 4.81. The van der Waals surface area contributed by atoms with Gasteiger partial charge in [-0.3, -0.25) is 4.79 Å². The van der Waals surface area contributed by atoms with Gasteiger partial charge in [0.15, 0.2) is 8.32 Å². The Morgan fingerprint density at radius 1 is 1.39 bits per heavy atom. The molecule has 23 heavy (non-hydrogen) atoms. The molecule has 6 heteroatoms. The number of carbonyl (C=O) groups is 1. The molecular formula is C17H29N3O2Si. The number of rotatable bonds is 4. The fraction of sp³-hybridized carbons (Fsp3) is 0.647. The van der Waals surface area contributed by atoms with Gasteiger partial charge in [0.1, 0.15) is 5.82 Å². The van der Waals surface area contributed by atoms with E-state index in [2.05, 4.69) is 49.5 Å². The number of hydrogen-bond acceptors (Lipinski definition) is 4. The van der Waals surface area contributed by atoms with Crippen molar-refractivity contribution in [2.75, 3.05) is 11.9 Å². The number of anilines is 1. The second-order valence-corrected chi connectivity index (χ2v) is 12.6. The van der Waals surface area contributed by atoms with Gasteiger partial charge in [0, 0.05) is 12.2 Å². The average molecular weight is 336 g/mol. The summed E-state index contributed by atoms with van der Waals surface area (Å²) in [5, 5.41) is 6.33. The van der Waals surface area contributed by atoms with Gasteiger partial charge in [-0.1, -0.05) is 26.8 Å². The predicted octanol–water partition coefficient (Wildman–Crippen LogP) is 3.08. The molecule has 2 N–H and O–H groups in total. The molecule has 1 amide bonds. The molecule has 0 spiro atoms. The van der Waals surface area contributed by atoms with Crippen LogP contribution in [0.5, 0.6) is 0 Å². The van der Waals surface area contributed by atoms with Crippen LogP contribution in [0.4, 0.5) is 5.82 Å². The summed E-state index contributed by atoms with van der Waals surface area (Å²) in [6.07, 6.45) is 0.821. The van der Waals surface area contributed by atoms with E-state index in [9.17, 15) is 4.79 Å². The lowest BCUT2D eigenvalue weighted by molar-refractivity contribution is -0.117. The minimum atomic E-state index is -1.80. The summed E-state index contributed by atoms with van der Waals surface area (Å²) in [7, 11) is -1.80. The first-order valence-electron chi connectivity index (χ1n) is 8.24. The van der Waals surface area contributed by atoms with Crippen LogP contribution >= 0.6 is 0 Å². The maximum atomic E-state index is 12.4. The first kappa shape index (κ1) is 18.1. The highest BCUT2D eigenvalue weighted by Crippen LogP contribution is 2.38. The predicted molar refractivity (Wildman–Crippen MR) is 96.1 cm³/mol. The van der Waals surface area contributed by atoms with Gasteiger partial charge in [-0.05, 0) is 43.6 Å². The molecule has 0 saturated carbocycles. The van der Waals surface area contributed by atoms with E-state index in [0.29, 0.717) is 12.2 Å². The van der Waals surface area contributed by atoms with Crippen molar-refractivity contribution in [1.82, 2.24) is 10.3 Å². The van der Waals surface area contributed by atoms with Crippen molar-refractivity contribution in [2.45, 2.75) is 64.4 Å². The highest BCUT2D eigenvalue weighted by Gasteiger charge is 2.41. The Morgan fingerprint density at radius 2 is 2.09 bits per heavy atom. The van der Waals surface area contributed by atoms with E-state index in [1.54, 1.807) is 0 Å². The third-order valence-corrected chi connectivity index (χ3v) is 9.35.